The maximum absolute atomic E-state index is 12.6. The number of benzene rings is 2. The van der Waals surface area contributed by atoms with E-state index in [1.165, 1.54) is 11.3 Å². The van der Waals surface area contributed by atoms with Crippen LogP contribution in [0.25, 0.3) is 10.1 Å². The van der Waals surface area contributed by atoms with Crippen LogP contribution in [0.2, 0.25) is 5.02 Å². The molecule has 118 valence electrons. The van der Waals surface area contributed by atoms with E-state index in [1.54, 1.807) is 11.9 Å². The number of carbonyl (C=O) groups is 1. The molecule has 0 saturated heterocycles. The molecule has 2 aromatic carbocycles. The van der Waals surface area contributed by atoms with Crippen LogP contribution in [0.5, 0.6) is 5.75 Å². The van der Waals surface area contributed by atoms with Gasteiger partial charge in [0, 0.05) is 17.1 Å². The average molecular weight is 346 g/mol. The number of halogens is 1. The largest absolute Gasteiger partial charge is 0.492 e. The SMILES string of the molecule is CN(CCOc1ccccc1)C(=O)c1sc2ccccc2c1Cl. The Morgan fingerprint density at radius 2 is 1.83 bits per heavy atom. The summed E-state index contributed by atoms with van der Waals surface area (Å²) in [5, 5.41) is 1.46. The molecule has 0 aliphatic carbocycles. The molecule has 0 aliphatic rings. The molecule has 0 radical (unpaired) electrons. The van der Waals surface area contributed by atoms with Crippen LogP contribution in [0.1, 0.15) is 9.67 Å². The van der Waals surface area contributed by atoms with Crippen LogP contribution in [0.15, 0.2) is 54.6 Å². The molecule has 5 heteroatoms. The number of para-hydroxylation sites is 1. The summed E-state index contributed by atoms with van der Waals surface area (Å²) in [5.41, 5.74) is 0. The standard InChI is InChI=1S/C18H16ClNO2S/c1-20(11-12-22-13-7-3-2-4-8-13)18(21)17-16(19)14-9-5-6-10-15(14)23-17/h2-10H,11-12H2,1H3. The molecule has 3 nitrogen and oxygen atoms in total. The number of nitrogens with zero attached hydrogens (tertiary/aromatic N) is 1. The summed E-state index contributed by atoms with van der Waals surface area (Å²) in [6.45, 7) is 0.938. The van der Waals surface area contributed by atoms with Gasteiger partial charge in [-0.15, -0.1) is 11.3 Å². The minimum atomic E-state index is -0.0761. The number of hydrogen-bond acceptors (Lipinski definition) is 3. The Kier molecular flexibility index (Phi) is 4.84. The van der Waals surface area contributed by atoms with Crippen LogP contribution in [-0.4, -0.2) is 31.0 Å². The number of hydrogen-bond donors (Lipinski definition) is 0. The Morgan fingerprint density at radius 3 is 2.57 bits per heavy atom. The second-order valence-electron chi connectivity index (χ2n) is 5.13. The molecule has 0 aliphatic heterocycles. The minimum absolute atomic E-state index is 0.0761. The Bertz CT molecular complexity index is 816. The number of rotatable bonds is 5. The zero-order valence-electron chi connectivity index (χ0n) is 12.7. The van der Waals surface area contributed by atoms with Gasteiger partial charge in [0.15, 0.2) is 0 Å². The molecule has 3 aromatic rings. The third-order valence-electron chi connectivity index (χ3n) is 3.51. The van der Waals surface area contributed by atoms with E-state index < -0.39 is 0 Å². The van der Waals surface area contributed by atoms with Crippen LogP contribution >= 0.6 is 22.9 Å². The van der Waals surface area contributed by atoms with Crippen LogP contribution in [0.4, 0.5) is 0 Å². The molecular formula is C18H16ClNO2S. The van der Waals surface area contributed by atoms with Crippen LogP contribution in [0, 0.1) is 0 Å². The highest BCUT2D eigenvalue weighted by molar-refractivity contribution is 7.21. The number of carbonyl (C=O) groups excluding carboxylic acids is 1. The van der Waals surface area contributed by atoms with E-state index in [9.17, 15) is 4.79 Å². The highest BCUT2D eigenvalue weighted by Gasteiger charge is 2.20. The summed E-state index contributed by atoms with van der Waals surface area (Å²) in [7, 11) is 1.76. The van der Waals surface area contributed by atoms with E-state index in [4.69, 9.17) is 16.3 Å². The van der Waals surface area contributed by atoms with E-state index in [0.29, 0.717) is 23.1 Å². The molecule has 0 N–H and O–H groups in total. The smallest absolute Gasteiger partial charge is 0.265 e. The Balaban J connectivity index is 1.65. The lowest BCUT2D eigenvalue weighted by Gasteiger charge is -2.17. The monoisotopic (exact) mass is 345 g/mol. The summed E-state index contributed by atoms with van der Waals surface area (Å²) in [5.74, 6) is 0.723. The van der Waals surface area contributed by atoms with E-state index in [1.807, 2.05) is 54.6 Å². The van der Waals surface area contributed by atoms with Crippen molar-refractivity contribution in [3.05, 3.63) is 64.5 Å². The summed E-state index contributed by atoms with van der Waals surface area (Å²) in [6.07, 6.45) is 0. The fourth-order valence-corrected chi connectivity index (χ4v) is 3.75. The summed E-state index contributed by atoms with van der Waals surface area (Å²) < 4.78 is 6.65. The van der Waals surface area contributed by atoms with Crippen molar-refractivity contribution in [1.82, 2.24) is 4.90 Å². The quantitative estimate of drug-likeness (QED) is 0.670. The van der Waals surface area contributed by atoms with Crippen molar-refractivity contribution in [2.45, 2.75) is 0 Å². The van der Waals surface area contributed by atoms with Gasteiger partial charge in [0.05, 0.1) is 11.6 Å². The number of ether oxygens (including phenoxy) is 1. The number of fused-ring (bicyclic) bond motifs is 1. The van der Waals surface area contributed by atoms with Gasteiger partial charge in [0.1, 0.15) is 17.2 Å². The van der Waals surface area contributed by atoms with Gasteiger partial charge in [-0.05, 0) is 18.2 Å². The zero-order chi connectivity index (χ0) is 16.2. The predicted octanol–water partition coefficient (Wildman–Crippen LogP) is 4.71. The molecule has 0 bridgehead atoms. The van der Waals surface area contributed by atoms with E-state index in [0.717, 1.165) is 15.8 Å². The maximum atomic E-state index is 12.6. The molecule has 0 fully saturated rings. The first-order valence-electron chi connectivity index (χ1n) is 7.27. The molecule has 0 atom stereocenters. The highest BCUT2D eigenvalue weighted by Crippen LogP contribution is 2.35. The van der Waals surface area contributed by atoms with Crippen molar-refractivity contribution < 1.29 is 9.53 Å². The van der Waals surface area contributed by atoms with Gasteiger partial charge in [-0.1, -0.05) is 48.0 Å². The lowest BCUT2D eigenvalue weighted by molar-refractivity contribution is 0.0779. The van der Waals surface area contributed by atoms with E-state index in [2.05, 4.69) is 0 Å². The third kappa shape index (κ3) is 3.49. The van der Waals surface area contributed by atoms with Crippen molar-refractivity contribution in [2.24, 2.45) is 0 Å². The molecule has 1 aromatic heterocycles. The number of amides is 1. The second kappa shape index (κ2) is 7.02. The topological polar surface area (TPSA) is 29.5 Å². The molecule has 0 saturated carbocycles. The molecule has 0 unspecified atom stereocenters. The Hall–Kier alpha value is -2.04. The highest BCUT2D eigenvalue weighted by atomic mass is 35.5. The van der Waals surface area contributed by atoms with Gasteiger partial charge >= 0.3 is 0 Å². The van der Waals surface area contributed by atoms with Crippen molar-refractivity contribution >= 4 is 38.9 Å². The number of likely N-dealkylation sites (N-methyl/N-ethyl adjacent to an activating group) is 1. The second-order valence-corrected chi connectivity index (χ2v) is 6.56. The van der Waals surface area contributed by atoms with Crippen molar-refractivity contribution in [2.75, 3.05) is 20.2 Å². The number of thiophene rings is 1. The first kappa shape index (κ1) is 15.8. The van der Waals surface area contributed by atoms with Gasteiger partial charge in [-0.3, -0.25) is 4.79 Å². The first-order valence-corrected chi connectivity index (χ1v) is 8.46. The summed E-state index contributed by atoms with van der Waals surface area (Å²) in [4.78, 5) is 14.8. The molecular weight excluding hydrogens is 330 g/mol. The average Bonchev–Trinajstić information content (AvgIpc) is 2.92. The fourth-order valence-electron chi connectivity index (χ4n) is 2.24. The molecule has 3 rings (SSSR count). The normalized spacial score (nSPS) is 10.7. The van der Waals surface area contributed by atoms with Crippen LogP contribution < -0.4 is 4.74 Å². The summed E-state index contributed by atoms with van der Waals surface area (Å²) in [6, 6.07) is 17.3. The molecule has 0 spiro atoms. The van der Waals surface area contributed by atoms with Crippen LogP contribution in [0.3, 0.4) is 0 Å². The Labute approximate surface area is 144 Å². The van der Waals surface area contributed by atoms with E-state index >= 15 is 0 Å². The first-order chi connectivity index (χ1) is 11.2. The van der Waals surface area contributed by atoms with E-state index in [-0.39, 0.29) is 5.91 Å². The Morgan fingerprint density at radius 1 is 1.13 bits per heavy atom. The molecule has 1 heterocycles. The molecule has 23 heavy (non-hydrogen) atoms. The van der Waals surface area contributed by atoms with Gasteiger partial charge in [-0.25, -0.2) is 0 Å². The zero-order valence-corrected chi connectivity index (χ0v) is 14.2. The fraction of sp³-hybridized carbons (Fsp3) is 0.167. The minimum Gasteiger partial charge on any atom is -0.492 e. The lowest BCUT2D eigenvalue weighted by Crippen LogP contribution is -2.30. The lowest BCUT2D eigenvalue weighted by atomic mass is 10.2. The molecule has 1 amide bonds. The van der Waals surface area contributed by atoms with Gasteiger partial charge in [0.2, 0.25) is 0 Å². The van der Waals surface area contributed by atoms with Gasteiger partial charge in [0.25, 0.3) is 5.91 Å². The van der Waals surface area contributed by atoms with Crippen LogP contribution in [-0.2, 0) is 0 Å². The maximum Gasteiger partial charge on any atom is 0.265 e. The van der Waals surface area contributed by atoms with Gasteiger partial charge in [-0.2, -0.15) is 0 Å². The summed E-state index contributed by atoms with van der Waals surface area (Å²) >= 11 is 7.78. The van der Waals surface area contributed by atoms with Crippen molar-refractivity contribution in [3.63, 3.8) is 0 Å². The third-order valence-corrected chi connectivity index (χ3v) is 5.18. The predicted molar refractivity (Wildman–Crippen MR) is 95.7 cm³/mol. The van der Waals surface area contributed by atoms with Crippen molar-refractivity contribution in [1.29, 1.82) is 0 Å². The van der Waals surface area contributed by atoms with Gasteiger partial charge < -0.3 is 9.64 Å². The van der Waals surface area contributed by atoms with Crippen molar-refractivity contribution in [3.8, 4) is 5.75 Å².